The van der Waals surface area contributed by atoms with E-state index in [1.807, 2.05) is 0 Å². The molecule has 1 aromatic carbocycles. The van der Waals surface area contributed by atoms with Crippen LogP contribution in [0, 0.1) is 0 Å². The first kappa shape index (κ1) is 12.8. The van der Waals surface area contributed by atoms with Crippen molar-refractivity contribution in [2.75, 3.05) is 0 Å². The van der Waals surface area contributed by atoms with Gasteiger partial charge in [-0.1, -0.05) is 46.4 Å². The van der Waals surface area contributed by atoms with Crippen LogP contribution in [0.1, 0.15) is 0 Å². The van der Waals surface area contributed by atoms with Gasteiger partial charge in [0.1, 0.15) is 5.75 Å². The molecule has 0 unspecified atom stereocenters. The Morgan fingerprint density at radius 1 is 0.824 bits per heavy atom. The highest BCUT2D eigenvalue weighted by Crippen LogP contribution is 2.37. The lowest BCUT2D eigenvalue weighted by atomic mass is 10.1. The summed E-state index contributed by atoms with van der Waals surface area (Å²) in [6, 6.07) is 4.48. The minimum absolute atomic E-state index is 0.0186. The smallest absolute Gasteiger partial charge is 0.135 e. The zero-order chi connectivity index (χ0) is 12.6. The molecule has 0 saturated carbocycles. The first-order valence-corrected chi connectivity index (χ1v) is 5.99. The van der Waals surface area contributed by atoms with Crippen LogP contribution in [0.2, 0.25) is 20.1 Å². The summed E-state index contributed by atoms with van der Waals surface area (Å²) < 4.78 is 0. The van der Waals surface area contributed by atoms with Gasteiger partial charge in [0.25, 0.3) is 0 Å². The Bertz CT molecular complexity index is 586. The van der Waals surface area contributed by atoms with Crippen LogP contribution in [0.25, 0.3) is 11.3 Å². The highest BCUT2D eigenvalue weighted by atomic mass is 35.5. The van der Waals surface area contributed by atoms with Gasteiger partial charge in [0.05, 0.1) is 32.0 Å². The first-order chi connectivity index (χ1) is 7.99. The Hall–Kier alpha value is -0.670. The Kier molecular flexibility index (Phi) is 3.69. The van der Waals surface area contributed by atoms with Crippen molar-refractivity contribution in [3.8, 4) is 17.0 Å². The monoisotopic (exact) mass is 307 g/mol. The van der Waals surface area contributed by atoms with Crippen molar-refractivity contribution in [3.63, 3.8) is 0 Å². The normalized spacial score (nSPS) is 10.6. The zero-order valence-electron chi connectivity index (χ0n) is 8.22. The van der Waals surface area contributed by atoms with Crippen molar-refractivity contribution in [1.29, 1.82) is 0 Å². The zero-order valence-corrected chi connectivity index (χ0v) is 11.2. The molecule has 1 aromatic heterocycles. The molecule has 2 nitrogen and oxygen atoms in total. The molecule has 0 aliphatic heterocycles. The van der Waals surface area contributed by atoms with E-state index < -0.39 is 0 Å². The van der Waals surface area contributed by atoms with E-state index in [0.717, 1.165) is 0 Å². The third-order valence-electron chi connectivity index (χ3n) is 2.09. The topological polar surface area (TPSA) is 33.1 Å². The lowest BCUT2D eigenvalue weighted by Gasteiger charge is -2.07. The van der Waals surface area contributed by atoms with E-state index in [9.17, 15) is 5.11 Å². The van der Waals surface area contributed by atoms with Crippen LogP contribution in [-0.2, 0) is 0 Å². The molecule has 0 atom stereocenters. The van der Waals surface area contributed by atoms with E-state index in [-0.39, 0.29) is 10.8 Å². The van der Waals surface area contributed by atoms with Gasteiger partial charge in [-0.05, 0) is 12.1 Å². The quantitative estimate of drug-likeness (QED) is 0.746. The molecule has 1 N–H and O–H groups in total. The van der Waals surface area contributed by atoms with Gasteiger partial charge in [0.2, 0.25) is 0 Å². The fourth-order valence-electron chi connectivity index (χ4n) is 1.33. The van der Waals surface area contributed by atoms with Gasteiger partial charge in [0.15, 0.2) is 0 Å². The summed E-state index contributed by atoms with van der Waals surface area (Å²) in [5, 5.41) is 10.6. The Labute approximate surface area is 118 Å². The molecule has 0 aliphatic carbocycles. The van der Waals surface area contributed by atoms with Gasteiger partial charge in [-0.3, -0.25) is 4.98 Å². The van der Waals surface area contributed by atoms with Crippen molar-refractivity contribution in [2.45, 2.75) is 0 Å². The van der Waals surface area contributed by atoms with Gasteiger partial charge in [-0.15, -0.1) is 0 Å². The molecule has 0 radical (unpaired) electrons. The van der Waals surface area contributed by atoms with Crippen molar-refractivity contribution >= 4 is 46.4 Å². The molecular weight excluding hydrogens is 304 g/mol. The fourth-order valence-corrected chi connectivity index (χ4v) is 2.23. The number of rotatable bonds is 1. The second-order valence-electron chi connectivity index (χ2n) is 3.27. The number of nitrogens with zero attached hydrogens (tertiary/aromatic N) is 1. The molecule has 0 amide bonds. The lowest BCUT2D eigenvalue weighted by molar-refractivity contribution is 0.473. The summed E-state index contributed by atoms with van der Waals surface area (Å²) in [7, 11) is 0. The summed E-state index contributed by atoms with van der Waals surface area (Å²) in [5.74, 6) is -0.0186. The predicted molar refractivity (Wildman–Crippen MR) is 71.4 cm³/mol. The minimum atomic E-state index is -0.0186. The lowest BCUT2D eigenvalue weighted by Crippen LogP contribution is -1.87. The molecule has 2 rings (SSSR count). The molecule has 17 heavy (non-hydrogen) atoms. The fraction of sp³-hybridized carbons (Fsp3) is 0. The SMILES string of the molecule is Oc1cnc(-c2cc(Cl)c(Cl)cc2Cl)c(Cl)c1. The maximum atomic E-state index is 9.23. The molecule has 0 saturated heterocycles. The van der Waals surface area contributed by atoms with Gasteiger partial charge < -0.3 is 5.11 Å². The number of aromatic nitrogens is 1. The maximum Gasteiger partial charge on any atom is 0.135 e. The molecule has 2 aromatic rings. The number of halogens is 4. The standard InChI is InChI=1S/C11H5Cl4NO/c12-7-3-9(14)8(13)2-6(7)11-10(15)1-5(17)4-16-11/h1-4,17H. The third kappa shape index (κ3) is 2.61. The van der Waals surface area contributed by atoms with Crippen molar-refractivity contribution in [2.24, 2.45) is 0 Å². The third-order valence-corrected chi connectivity index (χ3v) is 3.41. The highest BCUT2D eigenvalue weighted by Gasteiger charge is 2.12. The minimum Gasteiger partial charge on any atom is -0.506 e. The Balaban J connectivity index is 2.64. The van der Waals surface area contributed by atoms with Crippen molar-refractivity contribution in [1.82, 2.24) is 4.98 Å². The van der Waals surface area contributed by atoms with Crippen molar-refractivity contribution in [3.05, 3.63) is 44.5 Å². The summed E-state index contributed by atoms with van der Waals surface area (Å²) in [6.07, 6.45) is 1.28. The second kappa shape index (κ2) is 4.91. The molecule has 0 fully saturated rings. The maximum absolute atomic E-state index is 9.23. The van der Waals surface area contributed by atoms with E-state index in [0.29, 0.717) is 26.3 Å². The average molecular weight is 309 g/mol. The number of pyridine rings is 1. The Morgan fingerprint density at radius 3 is 2.12 bits per heavy atom. The van der Waals surface area contributed by atoms with E-state index in [4.69, 9.17) is 46.4 Å². The molecule has 1 heterocycles. The van der Waals surface area contributed by atoms with Gasteiger partial charge >= 0.3 is 0 Å². The van der Waals surface area contributed by atoms with Crippen molar-refractivity contribution < 1.29 is 5.11 Å². The van der Waals surface area contributed by atoms with E-state index in [2.05, 4.69) is 4.98 Å². The molecule has 0 bridgehead atoms. The Morgan fingerprint density at radius 2 is 1.47 bits per heavy atom. The van der Waals surface area contributed by atoms with Crippen LogP contribution in [-0.4, -0.2) is 10.1 Å². The van der Waals surface area contributed by atoms with Gasteiger partial charge in [-0.2, -0.15) is 0 Å². The molecular formula is C11H5Cl4NO. The molecule has 88 valence electrons. The number of aromatic hydroxyl groups is 1. The molecule has 0 aliphatic rings. The molecule has 0 spiro atoms. The number of hydrogen-bond donors (Lipinski definition) is 1. The van der Waals surface area contributed by atoms with Gasteiger partial charge in [-0.25, -0.2) is 0 Å². The van der Waals surface area contributed by atoms with Crippen LogP contribution in [0.15, 0.2) is 24.4 Å². The summed E-state index contributed by atoms with van der Waals surface area (Å²) >= 11 is 23.8. The van der Waals surface area contributed by atoms with E-state index >= 15 is 0 Å². The summed E-state index contributed by atoms with van der Waals surface area (Å²) in [6.45, 7) is 0. The second-order valence-corrected chi connectivity index (χ2v) is 4.90. The average Bonchev–Trinajstić information content (AvgIpc) is 2.24. The molecule has 6 heteroatoms. The van der Waals surface area contributed by atoms with Crippen LogP contribution >= 0.6 is 46.4 Å². The van der Waals surface area contributed by atoms with Crippen LogP contribution in [0.3, 0.4) is 0 Å². The van der Waals surface area contributed by atoms with Crippen LogP contribution in [0.5, 0.6) is 5.75 Å². The highest BCUT2D eigenvalue weighted by molar-refractivity contribution is 6.44. The van der Waals surface area contributed by atoms with E-state index in [1.165, 1.54) is 18.3 Å². The van der Waals surface area contributed by atoms with Crippen LogP contribution < -0.4 is 0 Å². The van der Waals surface area contributed by atoms with Gasteiger partial charge in [0, 0.05) is 11.6 Å². The summed E-state index contributed by atoms with van der Waals surface area (Å²) in [5.41, 5.74) is 0.999. The number of hydrogen-bond acceptors (Lipinski definition) is 2. The predicted octanol–water partition coefficient (Wildman–Crippen LogP) is 5.07. The largest absolute Gasteiger partial charge is 0.506 e. The van der Waals surface area contributed by atoms with E-state index in [1.54, 1.807) is 6.07 Å². The number of benzene rings is 1. The summed E-state index contributed by atoms with van der Waals surface area (Å²) in [4.78, 5) is 4.01. The van der Waals surface area contributed by atoms with Crippen LogP contribution in [0.4, 0.5) is 0 Å². The first-order valence-electron chi connectivity index (χ1n) is 4.48.